The molecule has 0 unspecified atom stereocenters. The first kappa shape index (κ1) is 8.10. The first-order valence-corrected chi connectivity index (χ1v) is 4.37. The number of hydrogen-bond acceptors (Lipinski definition) is 2. The van der Waals surface area contributed by atoms with Gasteiger partial charge in [-0.1, -0.05) is 6.07 Å². The van der Waals surface area contributed by atoms with E-state index in [1.807, 2.05) is 6.07 Å². The van der Waals surface area contributed by atoms with Crippen LogP contribution in [0.3, 0.4) is 0 Å². The van der Waals surface area contributed by atoms with E-state index < -0.39 is 5.97 Å². The number of benzene rings is 1. The van der Waals surface area contributed by atoms with Crippen LogP contribution in [0.1, 0.15) is 22.3 Å². The molecule has 1 aliphatic rings. The van der Waals surface area contributed by atoms with Crippen molar-refractivity contribution in [3.05, 3.63) is 29.3 Å². The lowest BCUT2D eigenvalue weighted by molar-refractivity contribution is 0.0697. The van der Waals surface area contributed by atoms with Crippen LogP contribution in [-0.2, 0) is 6.42 Å². The molecule has 0 aliphatic carbocycles. The van der Waals surface area contributed by atoms with Crippen molar-refractivity contribution >= 4 is 11.7 Å². The van der Waals surface area contributed by atoms with Crippen molar-refractivity contribution in [2.75, 3.05) is 11.9 Å². The van der Waals surface area contributed by atoms with Gasteiger partial charge in [-0.05, 0) is 30.5 Å². The Morgan fingerprint density at radius 3 is 3.08 bits per heavy atom. The molecule has 0 amide bonds. The molecule has 2 rings (SSSR count). The molecule has 1 aromatic carbocycles. The van der Waals surface area contributed by atoms with Crippen LogP contribution in [0.25, 0.3) is 0 Å². The third kappa shape index (κ3) is 1.49. The van der Waals surface area contributed by atoms with Crippen LogP contribution in [0.15, 0.2) is 18.2 Å². The van der Waals surface area contributed by atoms with Crippen LogP contribution in [0.5, 0.6) is 0 Å². The number of carboxylic acid groups (broad SMARTS) is 1. The minimum Gasteiger partial charge on any atom is -0.478 e. The van der Waals surface area contributed by atoms with Crippen LogP contribution in [0, 0.1) is 0 Å². The molecular weight excluding hydrogens is 166 g/mol. The highest BCUT2D eigenvalue weighted by Gasteiger charge is 2.10. The summed E-state index contributed by atoms with van der Waals surface area (Å²) in [5.74, 6) is -0.866. The van der Waals surface area contributed by atoms with Crippen molar-refractivity contribution in [2.24, 2.45) is 0 Å². The van der Waals surface area contributed by atoms with Gasteiger partial charge in [0.2, 0.25) is 0 Å². The lowest BCUT2D eigenvalue weighted by atomic mass is 10.0. The Morgan fingerprint density at radius 1 is 1.46 bits per heavy atom. The first-order valence-electron chi connectivity index (χ1n) is 4.37. The number of rotatable bonds is 1. The highest BCUT2D eigenvalue weighted by Crippen LogP contribution is 2.22. The van der Waals surface area contributed by atoms with Crippen molar-refractivity contribution in [3.63, 3.8) is 0 Å². The normalized spacial score (nSPS) is 14.5. The Balaban J connectivity index is 2.40. The molecule has 0 saturated carbocycles. The Morgan fingerprint density at radius 2 is 2.31 bits per heavy atom. The maximum atomic E-state index is 10.7. The summed E-state index contributed by atoms with van der Waals surface area (Å²) in [5, 5.41) is 12.0. The van der Waals surface area contributed by atoms with Crippen LogP contribution >= 0.6 is 0 Å². The molecular formula is C10H11NO2. The van der Waals surface area contributed by atoms with E-state index in [1.165, 1.54) is 5.56 Å². The minimum absolute atomic E-state index is 0.355. The summed E-state index contributed by atoms with van der Waals surface area (Å²) in [5.41, 5.74) is 2.55. The van der Waals surface area contributed by atoms with Crippen LogP contribution in [0.2, 0.25) is 0 Å². The molecule has 3 heteroatoms. The van der Waals surface area contributed by atoms with Gasteiger partial charge < -0.3 is 10.4 Å². The summed E-state index contributed by atoms with van der Waals surface area (Å²) < 4.78 is 0. The smallest absolute Gasteiger partial charge is 0.335 e. The van der Waals surface area contributed by atoms with Crippen molar-refractivity contribution in [1.82, 2.24) is 0 Å². The molecule has 13 heavy (non-hydrogen) atoms. The van der Waals surface area contributed by atoms with Gasteiger partial charge in [-0.3, -0.25) is 0 Å². The number of aryl methyl sites for hydroxylation is 1. The van der Waals surface area contributed by atoms with Gasteiger partial charge in [0.1, 0.15) is 0 Å². The average Bonchev–Trinajstić information content (AvgIpc) is 2.17. The highest BCUT2D eigenvalue weighted by atomic mass is 16.4. The third-order valence-corrected chi connectivity index (χ3v) is 2.30. The van der Waals surface area contributed by atoms with E-state index in [9.17, 15) is 4.79 Å². The standard InChI is InChI=1S/C10H11NO2/c12-10(13)8-4-3-7-2-1-5-11-9(7)6-8/h3-4,6,11H,1-2,5H2,(H,12,13). The number of aromatic carboxylic acids is 1. The predicted octanol–water partition coefficient (Wildman–Crippen LogP) is 1.74. The second kappa shape index (κ2) is 3.09. The van der Waals surface area contributed by atoms with Gasteiger partial charge in [-0.2, -0.15) is 0 Å². The lowest BCUT2D eigenvalue weighted by Gasteiger charge is -2.17. The van der Waals surface area contributed by atoms with E-state index in [2.05, 4.69) is 5.32 Å². The number of carboxylic acids is 1. The van der Waals surface area contributed by atoms with Gasteiger partial charge >= 0.3 is 5.97 Å². The Bertz CT molecular complexity index is 347. The topological polar surface area (TPSA) is 49.3 Å². The molecule has 1 aromatic rings. The number of hydrogen-bond donors (Lipinski definition) is 2. The van der Waals surface area contributed by atoms with Crippen molar-refractivity contribution in [3.8, 4) is 0 Å². The summed E-state index contributed by atoms with van der Waals surface area (Å²) in [6, 6.07) is 5.26. The van der Waals surface area contributed by atoms with Gasteiger partial charge in [0.05, 0.1) is 5.56 Å². The van der Waals surface area contributed by atoms with Gasteiger partial charge in [0.15, 0.2) is 0 Å². The molecule has 1 aliphatic heterocycles. The monoisotopic (exact) mass is 177 g/mol. The molecule has 2 N–H and O–H groups in total. The van der Waals surface area contributed by atoms with Gasteiger partial charge in [0.25, 0.3) is 0 Å². The van der Waals surface area contributed by atoms with Gasteiger partial charge in [-0.25, -0.2) is 4.79 Å². The molecule has 0 atom stereocenters. The summed E-state index contributed by atoms with van der Waals surface area (Å²) >= 11 is 0. The zero-order valence-electron chi connectivity index (χ0n) is 7.21. The van der Waals surface area contributed by atoms with E-state index in [-0.39, 0.29) is 0 Å². The predicted molar refractivity (Wildman–Crippen MR) is 50.2 cm³/mol. The zero-order valence-corrected chi connectivity index (χ0v) is 7.21. The number of fused-ring (bicyclic) bond motifs is 1. The van der Waals surface area contributed by atoms with Crippen molar-refractivity contribution < 1.29 is 9.90 Å². The summed E-state index contributed by atoms with van der Waals surface area (Å²) in [6.07, 6.45) is 2.17. The lowest BCUT2D eigenvalue weighted by Crippen LogP contribution is -2.12. The molecule has 1 heterocycles. The molecule has 3 nitrogen and oxygen atoms in total. The first-order chi connectivity index (χ1) is 6.27. The fraction of sp³-hybridized carbons (Fsp3) is 0.300. The van der Waals surface area contributed by atoms with Gasteiger partial charge in [-0.15, -0.1) is 0 Å². The van der Waals surface area contributed by atoms with Crippen LogP contribution < -0.4 is 5.32 Å². The second-order valence-electron chi connectivity index (χ2n) is 3.21. The zero-order chi connectivity index (χ0) is 9.26. The van der Waals surface area contributed by atoms with Crippen LogP contribution in [-0.4, -0.2) is 17.6 Å². The molecule has 0 saturated heterocycles. The fourth-order valence-corrected chi connectivity index (χ4v) is 1.59. The summed E-state index contributed by atoms with van der Waals surface area (Å²) in [4.78, 5) is 10.7. The molecule has 68 valence electrons. The Kier molecular flexibility index (Phi) is 1.93. The molecule has 0 bridgehead atoms. The molecule has 0 aromatic heterocycles. The Hall–Kier alpha value is -1.51. The summed E-state index contributed by atoms with van der Waals surface area (Å²) in [6.45, 7) is 0.941. The van der Waals surface area contributed by atoms with Crippen LogP contribution in [0.4, 0.5) is 5.69 Å². The van der Waals surface area contributed by atoms with Crippen molar-refractivity contribution in [1.29, 1.82) is 0 Å². The molecule has 0 spiro atoms. The fourth-order valence-electron chi connectivity index (χ4n) is 1.59. The number of carbonyl (C=O) groups is 1. The SMILES string of the molecule is O=C(O)c1ccc2c(c1)NCCC2. The largest absolute Gasteiger partial charge is 0.478 e. The minimum atomic E-state index is -0.866. The van der Waals surface area contributed by atoms with Crippen molar-refractivity contribution in [2.45, 2.75) is 12.8 Å². The van der Waals surface area contributed by atoms with E-state index in [0.29, 0.717) is 5.56 Å². The Labute approximate surface area is 76.4 Å². The number of nitrogens with one attached hydrogen (secondary N) is 1. The maximum absolute atomic E-state index is 10.7. The van der Waals surface area contributed by atoms with E-state index in [1.54, 1.807) is 12.1 Å². The number of anilines is 1. The maximum Gasteiger partial charge on any atom is 0.335 e. The third-order valence-electron chi connectivity index (χ3n) is 2.30. The average molecular weight is 177 g/mol. The summed E-state index contributed by atoms with van der Waals surface area (Å²) in [7, 11) is 0. The van der Waals surface area contributed by atoms with E-state index >= 15 is 0 Å². The van der Waals surface area contributed by atoms with Gasteiger partial charge in [0, 0.05) is 12.2 Å². The van der Waals surface area contributed by atoms with E-state index in [0.717, 1.165) is 25.1 Å². The van der Waals surface area contributed by atoms with E-state index in [4.69, 9.17) is 5.11 Å². The molecule has 0 fully saturated rings. The quantitative estimate of drug-likeness (QED) is 0.687. The molecule has 0 radical (unpaired) electrons. The highest BCUT2D eigenvalue weighted by molar-refractivity contribution is 5.89. The second-order valence-corrected chi connectivity index (χ2v) is 3.21.